The van der Waals surface area contributed by atoms with E-state index in [0.717, 1.165) is 19.3 Å². The molecule has 4 nitrogen and oxygen atoms in total. The third-order valence-corrected chi connectivity index (χ3v) is 7.50. The largest absolute Gasteiger partial charge is 0.392 e. The fourth-order valence-electron chi connectivity index (χ4n) is 2.68. The summed E-state index contributed by atoms with van der Waals surface area (Å²) in [4.78, 5) is 0.243. The van der Waals surface area contributed by atoms with Crippen molar-refractivity contribution in [3.63, 3.8) is 0 Å². The molecule has 1 fully saturated rings. The van der Waals surface area contributed by atoms with Crippen LogP contribution < -0.4 is 4.72 Å². The highest BCUT2D eigenvalue weighted by atomic mass is 79.9. The van der Waals surface area contributed by atoms with Gasteiger partial charge < -0.3 is 5.11 Å². The maximum Gasteiger partial charge on any atom is 0.241 e. The third-order valence-electron chi connectivity index (χ3n) is 3.89. The first kappa shape index (κ1) is 17.3. The number of hydrogen-bond donors (Lipinski definition) is 2. The summed E-state index contributed by atoms with van der Waals surface area (Å²) in [6.45, 7) is 1.58. The van der Waals surface area contributed by atoms with Crippen LogP contribution in [-0.4, -0.2) is 31.1 Å². The number of thioether (sulfide) groups is 1. The van der Waals surface area contributed by atoms with Crippen LogP contribution in [0.1, 0.15) is 30.4 Å². The molecular weight excluding hydrogens is 374 g/mol. The predicted octanol–water partition coefficient (Wildman–Crippen LogP) is 2.81. The van der Waals surface area contributed by atoms with Gasteiger partial charge in [0.15, 0.2) is 0 Å². The number of rotatable bonds is 5. The quantitative estimate of drug-likeness (QED) is 0.806. The number of aliphatic hydroxyl groups is 1. The van der Waals surface area contributed by atoms with Gasteiger partial charge in [-0.3, -0.25) is 0 Å². The molecule has 118 valence electrons. The summed E-state index contributed by atoms with van der Waals surface area (Å²) in [6.07, 6.45) is 5.00. The van der Waals surface area contributed by atoms with E-state index in [1.807, 2.05) is 6.26 Å². The molecule has 0 bridgehead atoms. The zero-order chi connectivity index (χ0) is 15.6. The van der Waals surface area contributed by atoms with Gasteiger partial charge in [-0.2, -0.15) is 11.8 Å². The van der Waals surface area contributed by atoms with Crippen LogP contribution in [-0.2, 0) is 16.6 Å². The van der Waals surface area contributed by atoms with Crippen molar-refractivity contribution in [1.29, 1.82) is 0 Å². The summed E-state index contributed by atoms with van der Waals surface area (Å²) in [5, 5.41) is 9.61. The molecule has 2 unspecified atom stereocenters. The highest BCUT2D eigenvalue weighted by Gasteiger charge is 2.31. The van der Waals surface area contributed by atoms with Crippen LogP contribution >= 0.6 is 27.7 Å². The fourth-order valence-corrected chi connectivity index (χ4v) is 5.97. The van der Waals surface area contributed by atoms with Crippen LogP contribution in [0.2, 0.25) is 0 Å². The predicted molar refractivity (Wildman–Crippen MR) is 90.1 cm³/mol. The van der Waals surface area contributed by atoms with Crippen LogP contribution in [0, 0.1) is 6.92 Å². The Morgan fingerprint density at radius 3 is 2.76 bits per heavy atom. The summed E-state index contributed by atoms with van der Waals surface area (Å²) < 4.78 is 28.9. The summed E-state index contributed by atoms with van der Waals surface area (Å²) in [5.74, 6) is 0. The van der Waals surface area contributed by atoms with E-state index in [2.05, 4.69) is 20.7 Å². The number of hydrogen-bond acceptors (Lipinski definition) is 4. The molecule has 0 amide bonds. The van der Waals surface area contributed by atoms with Crippen LogP contribution in [0.5, 0.6) is 0 Å². The van der Waals surface area contributed by atoms with Crippen LogP contribution in [0.25, 0.3) is 0 Å². The van der Waals surface area contributed by atoms with Gasteiger partial charge in [-0.15, -0.1) is 0 Å². The molecule has 1 saturated carbocycles. The van der Waals surface area contributed by atoms with Gasteiger partial charge in [0, 0.05) is 15.8 Å². The molecule has 0 aliphatic heterocycles. The maximum absolute atomic E-state index is 12.7. The second-order valence-corrected chi connectivity index (χ2v) is 8.91. The molecule has 7 heteroatoms. The molecule has 0 aromatic heterocycles. The molecule has 2 rings (SSSR count). The summed E-state index contributed by atoms with van der Waals surface area (Å²) in [5.41, 5.74) is 1.25. The van der Waals surface area contributed by atoms with Crippen molar-refractivity contribution in [2.45, 2.75) is 49.0 Å². The zero-order valence-corrected chi connectivity index (χ0v) is 15.3. The van der Waals surface area contributed by atoms with Gasteiger partial charge in [-0.1, -0.05) is 22.4 Å². The summed E-state index contributed by atoms with van der Waals surface area (Å²) in [6, 6.07) is 3.28. The van der Waals surface area contributed by atoms with Gasteiger partial charge in [0.1, 0.15) is 0 Å². The van der Waals surface area contributed by atoms with Crippen molar-refractivity contribution in [3.05, 3.63) is 27.7 Å². The lowest BCUT2D eigenvalue weighted by molar-refractivity contribution is 0.281. The average Bonchev–Trinajstić information content (AvgIpc) is 2.87. The smallest absolute Gasteiger partial charge is 0.241 e. The van der Waals surface area contributed by atoms with E-state index in [-0.39, 0.29) is 17.5 Å². The van der Waals surface area contributed by atoms with Gasteiger partial charge in [0.25, 0.3) is 0 Å². The minimum absolute atomic E-state index is 0.0130. The van der Waals surface area contributed by atoms with E-state index in [0.29, 0.717) is 20.8 Å². The molecular formula is C14H20BrNO3S2. The van der Waals surface area contributed by atoms with Crippen LogP contribution in [0.3, 0.4) is 0 Å². The first-order valence-electron chi connectivity index (χ1n) is 6.84. The topological polar surface area (TPSA) is 66.4 Å². The van der Waals surface area contributed by atoms with E-state index in [1.165, 1.54) is 0 Å². The summed E-state index contributed by atoms with van der Waals surface area (Å²) >= 11 is 5.08. The molecule has 2 N–H and O–H groups in total. The monoisotopic (exact) mass is 393 g/mol. The van der Waals surface area contributed by atoms with E-state index in [9.17, 15) is 13.5 Å². The van der Waals surface area contributed by atoms with E-state index in [4.69, 9.17) is 0 Å². The molecule has 0 radical (unpaired) electrons. The Hall–Kier alpha value is -0.0800. The second kappa shape index (κ2) is 7.00. The zero-order valence-electron chi connectivity index (χ0n) is 12.1. The third kappa shape index (κ3) is 3.82. The van der Waals surface area contributed by atoms with Crippen molar-refractivity contribution in [1.82, 2.24) is 4.72 Å². The van der Waals surface area contributed by atoms with Crippen molar-refractivity contribution in [2.75, 3.05) is 6.26 Å². The summed E-state index contributed by atoms with van der Waals surface area (Å²) in [7, 11) is -3.58. The first-order valence-corrected chi connectivity index (χ1v) is 10.4. The van der Waals surface area contributed by atoms with Gasteiger partial charge in [-0.25, -0.2) is 13.1 Å². The molecule has 0 spiro atoms. The Morgan fingerprint density at radius 2 is 2.14 bits per heavy atom. The second-order valence-electron chi connectivity index (χ2n) is 5.29. The molecule has 2 atom stereocenters. The average molecular weight is 394 g/mol. The molecule has 21 heavy (non-hydrogen) atoms. The molecule has 1 aromatic carbocycles. The maximum atomic E-state index is 12.7. The normalized spacial score (nSPS) is 22.7. The SMILES string of the molecule is CSC1CCCC1NS(=O)(=O)c1cc(CO)cc(Br)c1C. The number of benzene rings is 1. The van der Waals surface area contributed by atoms with E-state index in [1.54, 1.807) is 30.8 Å². The van der Waals surface area contributed by atoms with Gasteiger partial charge >= 0.3 is 0 Å². The van der Waals surface area contributed by atoms with Crippen LogP contribution in [0.15, 0.2) is 21.5 Å². The molecule has 0 heterocycles. The van der Waals surface area contributed by atoms with E-state index >= 15 is 0 Å². The molecule has 1 aromatic rings. The molecule has 1 aliphatic carbocycles. The van der Waals surface area contributed by atoms with E-state index < -0.39 is 10.0 Å². The minimum atomic E-state index is -3.58. The Morgan fingerprint density at radius 1 is 1.43 bits per heavy atom. The lowest BCUT2D eigenvalue weighted by Crippen LogP contribution is -2.38. The Labute approximate surface area is 138 Å². The first-order chi connectivity index (χ1) is 9.89. The standard InChI is InChI=1S/C14H20BrNO3S2/c1-9-11(15)6-10(8-17)7-14(9)21(18,19)16-12-4-3-5-13(12)20-2/h6-7,12-13,16-17H,3-5,8H2,1-2H3. The molecule has 1 aliphatic rings. The lowest BCUT2D eigenvalue weighted by Gasteiger charge is -2.20. The number of nitrogens with one attached hydrogen (secondary N) is 1. The minimum Gasteiger partial charge on any atom is -0.392 e. The van der Waals surface area contributed by atoms with Gasteiger partial charge in [-0.05, 0) is 49.3 Å². The Bertz CT molecular complexity index is 619. The van der Waals surface area contributed by atoms with Gasteiger partial charge in [0.05, 0.1) is 11.5 Å². The molecule has 0 saturated heterocycles. The highest BCUT2D eigenvalue weighted by molar-refractivity contribution is 9.10. The number of aliphatic hydroxyl groups excluding tert-OH is 1. The Kier molecular flexibility index (Phi) is 5.76. The Balaban J connectivity index is 2.33. The number of halogens is 1. The van der Waals surface area contributed by atoms with Crippen LogP contribution in [0.4, 0.5) is 0 Å². The van der Waals surface area contributed by atoms with Crippen molar-refractivity contribution >= 4 is 37.7 Å². The fraction of sp³-hybridized carbons (Fsp3) is 0.571. The number of sulfonamides is 1. The highest BCUT2D eigenvalue weighted by Crippen LogP contribution is 2.31. The van der Waals surface area contributed by atoms with Crippen molar-refractivity contribution < 1.29 is 13.5 Å². The lowest BCUT2D eigenvalue weighted by atomic mass is 10.2. The van der Waals surface area contributed by atoms with Gasteiger partial charge in [0.2, 0.25) is 10.0 Å². The van der Waals surface area contributed by atoms with Crippen molar-refractivity contribution in [2.24, 2.45) is 0 Å². The van der Waals surface area contributed by atoms with Crippen molar-refractivity contribution in [3.8, 4) is 0 Å².